The van der Waals surface area contributed by atoms with E-state index in [1.807, 2.05) is 30.3 Å². The van der Waals surface area contributed by atoms with Crippen molar-refractivity contribution in [3.8, 4) is 0 Å². The molecule has 0 amide bonds. The number of thioether (sulfide) groups is 1. The van der Waals surface area contributed by atoms with Crippen LogP contribution in [0.25, 0.3) is 0 Å². The zero-order chi connectivity index (χ0) is 18.1. The van der Waals surface area contributed by atoms with E-state index >= 15 is 0 Å². The van der Waals surface area contributed by atoms with E-state index in [1.165, 1.54) is 11.2 Å². The molecule has 2 aromatic rings. The van der Waals surface area contributed by atoms with Crippen molar-refractivity contribution in [3.05, 3.63) is 60.2 Å². The Morgan fingerprint density at radius 3 is 2.32 bits per heavy atom. The number of aliphatic imine (C=N–C) groups is 1. The Bertz CT molecular complexity index is 789. The first kappa shape index (κ1) is 19.3. The number of nitrogens with zero attached hydrogens (tertiary/aromatic N) is 1. The minimum Gasteiger partial charge on any atom is -0.356 e. The first-order valence-electron chi connectivity index (χ1n) is 7.90. The van der Waals surface area contributed by atoms with Crippen molar-refractivity contribution in [2.45, 2.75) is 16.3 Å². The van der Waals surface area contributed by atoms with E-state index in [1.54, 1.807) is 30.9 Å². The molecule has 7 heteroatoms. The fourth-order valence-electron chi connectivity index (χ4n) is 2.12. The molecular formula is C18H23N3O2S2. The Kier molecular flexibility index (Phi) is 7.33. The van der Waals surface area contributed by atoms with Gasteiger partial charge in [0, 0.05) is 37.0 Å². The van der Waals surface area contributed by atoms with E-state index in [4.69, 9.17) is 0 Å². The quantitative estimate of drug-likeness (QED) is 0.336. The average Bonchev–Trinajstić information content (AvgIpc) is 2.61. The summed E-state index contributed by atoms with van der Waals surface area (Å²) in [6, 6.07) is 17.1. The summed E-state index contributed by atoms with van der Waals surface area (Å²) in [4.78, 5) is 5.77. The van der Waals surface area contributed by atoms with Crippen LogP contribution in [0.5, 0.6) is 0 Å². The van der Waals surface area contributed by atoms with Crippen LogP contribution < -0.4 is 10.6 Å². The number of sulfone groups is 1. The maximum atomic E-state index is 11.5. The van der Waals surface area contributed by atoms with Gasteiger partial charge in [-0.1, -0.05) is 30.3 Å². The lowest BCUT2D eigenvalue weighted by molar-refractivity contribution is 0.602. The zero-order valence-electron chi connectivity index (χ0n) is 14.4. The third-order valence-electron chi connectivity index (χ3n) is 3.44. The molecule has 0 radical (unpaired) electrons. The van der Waals surface area contributed by atoms with Gasteiger partial charge < -0.3 is 10.6 Å². The SMILES string of the molecule is CN=C(NCCSc1ccccc1)NCc1ccc(S(C)(=O)=O)cc1. The smallest absolute Gasteiger partial charge is 0.191 e. The van der Waals surface area contributed by atoms with Gasteiger partial charge in [-0.3, -0.25) is 4.99 Å². The fraction of sp³-hybridized carbons (Fsp3) is 0.278. The molecule has 0 saturated carbocycles. The van der Waals surface area contributed by atoms with Gasteiger partial charge in [-0.15, -0.1) is 11.8 Å². The second kappa shape index (κ2) is 9.48. The maximum absolute atomic E-state index is 11.5. The fourth-order valence-corrected chi connectivity index (χ4v) is 3.54. The van der Waals surface area contributed by atoms with Gasteiger partial charge >= 0.3 is 0 Å². The molecule has 0 aromatic heterocycles. The van der Waals surface area contributed by atoms with Crippen LogP contribution in [0.1, 0.15) is 5.56 Å². The summed E-state index contributed by atoms with van der Waals surface area (Å²) in [5, 5.41) is 6.49. The summed E-state index contributed by atoms with van der Waals surface area (Å²) in [6.07, 6.45) is 1.21. The van der Waals surface area contributed by atoms with Crippen molar-refractivity contribution in [1.29, 1.82) is 0 Å². The number of hydrogen-bond donors (Lipinski definition) is 2. The second-order valence-corrected chi connectivity index (χ2v) is 8.61. The van der Waals surface area contributed by atoms with E-state index in [0.29, 0.717) is 11.4 Å². The minimum absolute atomic E-state index is 0.330. The molecule has 0 bridgehead atoms. The van der Waals surface area contributed by atoms with Crippen LogP contribution in [-0.2, 0) is 16.4 Å². The highest BCUT2D eigenvalue weighted by atomic mass is 32.2. The van der Waals surface area contributed by atoms with E-state index in [0.717, 1.165) is 23.8 Å². The summed E-state index contributed by atoms with van der Waals surface area (Å²) in [7, 11) is -1.42. The molecule has 5 nitrogen and oxygen atoms in total. The van der Waals surface area contributed by atoms with E-state index < -0.39 is 9.84 Å². The van der Waals surface area contributed by atoms with Gasteiger partial charge in [-0.2, -0.15) is 0 Å². The molecule has 0 heterocycles. The highest BCUT2D eigenvalue weighted by Crippen LogP contribution is 2.15. The first-order chi connectivity index (χ1) is 12.0. The van der Waals surface area contributed by atoms with Crippen LogP contribution in [0.4, 0.5) is 0 Å². The largest absolute Gasteiger partial charge is 0.356 e. The normalized spacial score (nSPS) is 12.0. The van der Waals surface area contributed by atoms with Crippen molar-refractivity contribution >= 4 is 27.6 Å². The summed E-state index contributed by atoms with van der Waals surface area (Å²) in [5.41, 5.74) is 0.994. The number of guanidine groups is 1. The van der Waals surface area contributed by atoms with Crippen LogP contribution >= 0.6 is 11.8 Å². The van der Waals surface area contributed by atoms with Gasteiger partial charge in [0.1, 0.15) is 0 Å². The molecule has 0 aliphatic heterocycles. The summed E-state index contributed by atoms with van der Waals surface area (Å²) >= 11 is 1.79. The van der Waals surface area contributed by atoms with Crippen molar-refractivity contribution in [2.75, 3.05) is 25.6 Å². The van der Waals surface area contributed by atoms with Crippen LogP contribution in [0.3, 0.4) is 0 Å². The minimum atomic E-state index is -3.15. The Labute approximate surface area is 153 Å². The molecule has 0 saturated heterocycles. The third-order valence-corrected chi connectivity index (χ3v) is 5.58. The lowest BCUT2D eigenvalue weighted by Gasteiger charge is -2.12. The van der Waals surface area contributed by atoms with Gasteiger partial charge in [0.15, 0.2) is 15.8 Å². The molecule has 2 aromatic carbocycles. The molecule has 25 heavy (non-hydrogen) atoms. The molecule has 0 fully saturated rings. The monoisotopic (exact) mass is 377 g/mol. The van der Waals surface area contributed by atoms with Gasteiger partial charge in [0.2, 0.25) is 0 Å². The molecule has 134 valence electrons. The summed E-state index contributed by atoms with van der Waals surface area (Å²) < 4.78 is 22.9. The Hall–Kier alpha value is -1.99. The second-order valence-electron chi connectivity index (χ2n) is 5.43. The molecule has 2 N–H and O–H groups in total. The molecular weight excluding hydrogens is 354 g/mol. The van der Waals surface area contributed by atoms with Gasteiger partial charge in [0.05, 0.1) is 4.90 Å². The highest BCUT2D eigenvalue weighted by Gasteiger charge is 2.06. The lowest BCUT2D eigenvalue weighted by atomic mass is 10.2. The van der Waals surface area contributed by atoms with Gasteiger partial charge in [-0.25, -0.2) is 8.42 Å². The number of hydrogen-bond acceptors (Lipinski definition) is 4. The summed E-state index contributed by atoms with van der Waals surface area (Å²) in [6.45, 7) is 1.38. The molecule has 0 spiro atoms. The van der Waals surface area contributed by atoms with Crippen molar-refractivity contribution in [3.63, 3.8) is 0 Å². The van der Waals surface area contributed by atoms with E-state index in [9.17, 15) is 8.42 Å². The molecule has 0 unspecified atom stereocenters. The van der Waals surface area contributed by atoms with E-state index in [-0.39, 0.29) is 0 Å². The zero-order valence-corrected chi connectivity index (χ0v) is 16.0. The topological polar surface area (TPSA) is 70.6 Å². The predicted octanol–water partition coefficient (Wildman–Crippen LogP) is 2.55. The maximum Gasteiger partial charge on any atom is 0.191 e. The first-order valence-corrected chi connectivity index (χ1v) is 10.8. The van der Waals surface area contributed by atoms with Crippen molar-refractivity contribution in [1.82, 2.24) is 10.6 Å². The number of nitrogens with one attached hydrogen (secondary N) is 2. The predicted molar refractivity (Wildman–Crippen MR) is 105 cm³/mol. The highest BCUT2D eigenvalue weighted by molar-refractivity contribution is 7.99. The molecule has 0 aliphatic rings. The van der Waals surface area contributed by atoms with Crippen LogP contribution in [-0.4, -0.2) is 40.0 Å². The Morgan fingerprint density at radius 2 is 1.72 bits per heavy atom. The van der Waals surface area contributed by atoms with Crippen LogP contribution in [0.2, 0.25) is 0 Å². The van der Waals surface area contributed by atoms with Crippen LogP contribution in [0.15, 0.2) is 69.4 Å². The van der Waals surface area contributed by atoms with Gasteiger partial charge in [-0.05, 0) is 29.8 Å². The van der Waals surface area contributed by atoms with Crippen molar-refractivity contribution < 1.29 is 8.42 Å². The van der Waals surface area contributed by atoms with E-state index in [2.05, 4.69) is 27.8 Å². The lowest BCUT2D eigenvalue weighted by Crippen LogP contribution is -2.37. The van der Waals surface area contributed by atoms with Crippen LogP contribution in [0, 0.1) is 0 Å². The summed E-state index contributed by atoms with van der Waals surface area (Å²) in [5.74, 6) is 1.66. The molecule has 0 atom stereocenters. The average molecular weight is 378 g/mol. The molecule has 0 aliphatic carbocycles. The van der Waals surface area contributed by atoms with Crippen molar-refractivity contribution in [2.24, 2.45) is 4.99 Å². The Morgan fingerprint density at radius 1 is 1.04 bits per heavy atom. The Balaban J connectivity index is 1.74. The number of benzene rings is 2. The third kappa shape index (κ3) is 6.80. The standard InChI is InChI=1S/C18H23N3O2S2/c1-19-18(20-12-13-24-16-6-4-3-5-7-16)21-14-15-8-10-17(11-9-15)25(2,22)23/h3-11H,12-14H2,1-2H3,(H2,19,20,21). The number of rotatable bonds is 7. The molecule has 2 rings (SSSR count). The van der Waals surface area contributed by atoms with Gasteiger partial charge in [0.25, 0.3) is 0 Å².